The summed E-state index contributed by atoms with van der Waals surface area (Å²) in [5, 5.41) is 0. The van der Waals surface area contributed by atoms with E-state index in [1.54, 1.807) is 0 Å². The molecule has 0 atom stereocenters. The van der Waals surface area contributed by atoms with Crippen molar-refractivity contribution in [2.45, 2.75) is 6.36 Å². The Morgan fingerprint density at radius 3 is 2.43 bits per heavy atom. The van der Waals surface area contributed by atoms with E-state index in [-0.39, 0.29) is 6.29 Å². The third kappa shape index (κ3) is 2.45. The predicted octanol–water partition coefficient (Wildman–Crippen LogP) is 2.54. The highest BCUT2D eigenvalue weighted by molar-refractivity contribution is 5.79. The van der Waals surface area contributed by atoms with Gasteiger partial charge in [-0.2, -0.15) is 0 Å². The third-order valence-corrected chi connectivity index (χ3v) is 1.34. The highest BCUT2D eigenvalue weighted by Crippen LogP contribution is 2.27. The summed E-state index contributed by atoms with van der Waals surface area (Å²) in [6.07, 6.45) is -4.93. The molecular formula is C8H4F4O2. The van der Waals surface area contributed by atoms with Gasteiger partial charge in [-0.15, -0.1) is 13.2 Å². The quantitative estimate of drug-likeness (QED) is 0.551. The molecule has 0 heterocycles. The van der Waals surface area contributed by atoms with Gasteiger partial charge in [0.15, 0.2) is 17.9 Å². The Kier molecular flexibility index (Phi) is 2.73. The molecule has 0 radical (unpaired) electrons. The summed E-state index contributed by atoms with van der Waals surface area (Å²) in [5.41, 5.74) is -0.484. The first-order chi connectivity index (χ1) is 6.44. The molecule has 76 valence electrons. The van der Waals surface area contributed by atoms with Crippen LogP contribution in [0.3, 0.4) is 0 Å². The SMILES string of the molecule is O=Cc1cccc(F)c1OC(F)(F)F. The van der Waals surface area contributed by atoms with Crippen LogP contribution in [0, 0.1) is 5.82 Å². The molecule has 0 aliphatic heterocycles. The number of ether oxygens (including phenoxy) is 1. The Bertz CT molecular complexity index is 346. The van der Waals surface area contributed by atoms with Gasteiger partial charge in [-0.25, -0.2) is 4.39 Å². The number of rotatable bonds is 2. The van der Waals surface area contributed by atoms with Crippen LogP contribution in [0.25, 0.3) is 0 Å². The zero-order chi connectivity index (χ0) is 10.8. The first kappa shape index (κ1) is 10.5. The van der Waals surface area contributed by atoms with Gasteiger partial charge in [-0.3, -0.25) is 4.79 Å². The van der Waals surface area contributed by atoms with E-state index < -0.39 is 23.5 Å². The number of carbonyl (C=O) groups excluding carboxylic acids is 1. The van der Waals surface area contributed by atoms with Gasteiger partial charge in [-0.1, -0.05) is 6.07 Å². The van der Waals surface area contributed by atoms with Crippen molar-refractivity contribution < 1.29 is 27.1 Å². The Labute approximate surface area is 76.1 Å². The molecule has 0 spiro atoms. The van der Waals surface area contributed by atoms with E-state index in [0.717, 1.165) is 18.2 Å². The minimum atomic E-state index is -5.01. The Morgan fingerprint density at radius 1 is 1.29 bits per heavy atom. The van der Waals surface area contributed by atoms with Crippen LogP contribution in [0.5, 0.6) is 5.75 Å². The second-order valence-corrected chi connectivity index (χ2v) is 2.32. The molecular weight excluding hydrogens is 204 g/mol. The summed E-state index contributed by atoms with van der Waals surface area (Å²) in [6.45, 7) is 0. The molecule has 0 fully saturated rings. The summed E-state index contributed by atoms with van der Waals surface area (Å²) in [5.74, 6) is -2.33. The van der Waals surface area contributed by atoms with Crippen molar-refractivity contribution >= 4 is 6.29 Å². The summed E-state index contributed by atoms with van der Waals surface area (Å²) in [4.78, 5) is 10.3. The topological polar surface area (TPSA) is 26.3 Å². The zero-order valence-electron chi connectivity index (χ0n) is 6.64. The molecule has 0 bridgehead atoms. The third-order valence-electron chi connectivity index (χ3n) is 1.34. The van der Waals surface area contributed by atoms with E-state index in [4.69, 9.17) is 0 Å². The maximum Gasteiger partial charge on any atom is 0.573 e. The largest absolute Gasteiger partial charge is 0.573 e. The number of aldehydes is 1. The minimum Gasteiger partial charge on any atom is -0.402 e. The smallest absolute Gasteiger partial charge is 0.402 e. The summed E-state index contributed by atoms with van der Waals surface area (Å²) in [6, 6.07) is 2.91. The molecule has 0 aliphatic rings. The molecule has 0 aromatic heterocycles. The van der Waals surface area contributed by atoms with Crippen molar-refractivity contribution in [2.24, 2.45) is 0 Å². The van der Waals surface area contributed by atoms with Gasteiger partial charge in [0.05, 0.1) is 5.56 Å². The minimum absolute atomic E-state index is 0.0875. The number of hydrogen-bond donors (Lipinski definition) is 0. The lowest BCUT2D eigenvalue weighted by molar-refractivity contribution is -0.275. The maximum absolute atomic E-state index is 12.8. The lowest BCUT2D eigenvalue weighted by Crippen LogP contribution is -2.19. The summed E-state index contributed by atoms with van der Waals surface area (Å²) < 4.78 is 51.3. The van der Waals surface area contributed by atoms with Crippen LogP contribution in [0.2, 0.25) is 0 Å². The molecule has 1 aromatic carbocycles. The van der Waals surface area contributed by atoms with E-state index in [2.05, 4.69) is 4.74 Å². The predicted molar refractivity (Wildman–Crippen MR) is 38.5 cm³/mol. The lowest BCUT2D eigenvalue weighted by atomic mass is 10.2. The highest BCUT2D eigenvalue weighted by atomic mass is 19.4. The van der Waals surface area contributed by atoms with E-state index in [0.29, 0.717) is 0 Å². The van der Waals surface area contributed by atoms with Crippen LogP contribution >= 0.6 is 0 Å². The van der Waals surface area contributed by atoms with Crippen LogP contribution in [0.1, 0.15) is 10.4 Å². The van der Waals surface area contributed by atoms with Crippen LogP contribution in [0.4, 0.5) is 17.6 Å². The van der Waals surface area contributed by atoms with E-state index in [1.165, 1.54) is 0 Å². The molecule has 1 rings (SSSR count). The Morgan fingerprint density at radius 2 is 1.93 bits per heavy atom. The molecule has 6 heteroatoms. The van der Waals surface area contributed by atoms with Crippen LogP contribution in [-0.2, 0) is 0 Å². The van der Waals surface area contributed by atoms with E-state index in [9.17, 15) is 22.4 Å². The molecule has 1 aromatic rings. The van der Waals surface area contributed by atoms with Crippen LogP contribution in [-0.4, -0.2) is 12.6 Å². The van der Waals surface area contributed by atoms with Gasteiger partial charge in [0.1, 0.15) is 0 Å². The number of hydrogen-bond acceptors (Lipinski definition) is 2. The second-order valence-electron chi connectivity index (χ2n) is 2.32. The van der Waals surface area contributed by atoms with Gasteiger partial charge >= 0.3 is 6.36 Å². The number of benzene rings is 1. The van der Waals surface area contributed by atoms with Gasteiger partial charge < -0.3 is 4.74 Å². The van der Waals surface area contributed by atoms with E-state index in [1.807, 2.05) is 0 Å². The second kappa shape index (κ2) is 3.65. The zero-order valence-corrected chi connectivity index (χ0v) is 6.64. The molecule has 0 saturated heterocycles. The standard InChI is InChI=1S/C8H4F4O2/c9-6-3-1-2-5(4-13)7(6)14-8(10,11)12/h1-4H. The summed E-state index contributed by atoms with van der Waals surface area (Å²) >= 11 is 0. The molecule has 0 N–H and O–H groups in total. The molecule has 0 amide bonds. The first-order valence-corrected chi connectivity index (χ1v) is 3.43. The van der Waals surface area contributed by atoms with Gasteiger partial charge in [0.2, 0.25) is 0 Å². The monoisotopic (exact) mass is 208 g/mol. The molecule has 0 aliphatic carbocycles. The molecule has 2 nitrogen and oxygen atoms in total. The number of halogens is 4. The van der Waals surface area contributed by atoms with Crippen molar-refractivity contribution in [3.8, 4) is 5.75 Å². The molecule has 14 heavy (non-hydrogen) atoms. The fourth-order valence-electron chi connectivity index (χ4n) is 0.842. The molecule has 0 unspecified atom stereocenters. The van der Waals surface area contributed by atoms with Crippen molar-refractivity contribution in [3.63, 3.8) is 0 Å². The van der Waals surface area contributed by atoms with Crippen molar-refractivity contribution in [1.29, 1.82) is 0 Å². The summed E-state index contributed by atoms with van der Waals surface area (Å²) in [7, 11) is 0. The normalized spacial score (nSPS) is 11.1. The van der Waals surface area contributed by atoms with Crippen molar-refractivity contribution in [2.75, 3.05) is 0 Å². The number of para-hydroxylation sites is 1. The number of alkyl halides is 3. The van der Waals surface area contributed by atoms with E-state index >= 15 is 0 Å². The Balaban J connectivity index is 3.11. The Hall–Kier alpha value is -1.59. The number of carbonyl (C=O) groups is 1. The average molecular weight is 208 g/mol. The lowest BCUT2D eigenvalue weighted by Gasteiger charge is -2.10. The van der Waals surface area contributed by atoms with Gasteiger partial charge in [0.25, 0.3) is 0 Å². The average Bonchev–Trinajstić information content (AvgIpc) is 2.06. The highest BCUT2D eigenvalue weighted by Gasteiger charge is 2.33. The van der Waals surface area contributed by atoms with Crippen LogP contribution in [0.15, 0.2) is 18.2 Å². The fraction of sp³-hybridized carbons (Fsp3) is 0.125. The van der Waals surface area contributed by atoms with Crippen LogP contribution < -0.4 is 4.74 Å². The molecule has 0 saturated carbocycles. The van der Waals surface area contributed by atoms with Crippen molar-refractivity contribution in [1.82, 2.24) is 0 Å². The first-order valence-electron chi connectivity index (χ1n) is 3.43. The maximum atomic E-state index is 12.8. The fourth-order valence-corrected chi connectivity index (χ4v) is 0.842. The van der Waals surface area contributed by atoms with Crippen molar-refractivity contribution in [3.05, 3.63) is 29.6 Å². The van der Waals surface area contributed by atoms with Gasteiger partial charge in [0, 0.05) is 0 Å². The van der Waals surface area contributed by atoms with Gasteiger partial charge in [-0.05, 0) is 12.1 Å².